The molecule has 1 aliphatic carbocycles. The van der Waals surface area contributed by atoms with Crippen LogP contribution in [0.25, 0.3) is 0 Å². The van der Waals surface area contributed by atoms with E-state index >= 15 is 0 Å². The van der Waals surface area contributed by atoms with Gasteiger partial charge in [0.05, 0.1) is 19.5 Å². The quantitative estimate of drug-likeness (QED) is 0.471. The molecule has 4 rings (SSSR count). The van der Waals surface area contributed by atoms with Crippen molar-refractivity contribution in [3.8, 4) is 0 Å². The molecule has 1 fully saturated rings. The van der Waals surface area contributed by atoms with Gasteiger partial charge in [-0.3, -0.25) is 4.99 Å². The summed E-state index contributed by atoms with van der Waals surface area (Å²) in [5, 5.41) is 0. The van der Waals surface area contributed by atoms with Gasteiger partial charge in [0.1, 0.15) is 5.82 Å². The molecule has 1 aliphatic heterocycles. The molecule has 0 amide bonds. The van der Waals surface area contributed by atoms with Crippen LogP contribution in [0, 0.1) is 17.7 Å². The highest BCUT2D eigenvalue weighted by Crippen LogP contribution is 2.43. The van der Waals surface area contributed by atoms with Crippen molar-refractivity contribution in [3.63, 3.8) is 0 Å². The van der Waals surface area contributed by atoms with Crippen LogP contribution < -0.4 is 0 Å². The zero-order valence-electron chi connectivity index (χ0n) is 21.4. The highest BCUT2D eigenvalue weighted by molar-refractivity contribution is 5.86. The first-order chi connectivity index (χ1) is 16.8. The summed E-state index contributed by atoms with van der Waals surface area (Å²) in [4.78, 5) is 21.9. The Bertz CT molecular complexity index is 1020. The summed E-state index contributed by atoms with van der Waals surface area (Å²) in [6, 6.07) is 17.5. The Kier molecular flexibility index (Phi) is 7.90. The van der Waals surface area contributed by atoms with E-state index in [2.05, 4.69) is 41.0 Å². The van der Waals surface area contributed by atoms with Crippen molar-refractivity contribution in [2.75, 3.05) is 21.2 Å². The van der Waals surface area contributed by atoms with E-state index in [1.54, 1.807) is 6.07 Å². The number of hydrogen-bond acceptors (Lipinski definition) is 5. The molecular weight excluding hydrogens is 441 g/mol. The minimum absolute atomic E-state index is 0.0374. The Labute approximate surface area is 209 Å². The molecule has 0 N–H and O–H groups in total. The highest BCUT2D eigenvalue weighted by Gasteiger charge is 2.49. The topological polar surface area (TPSA) is 45.1 Å². The predicted octanol–water partition coefficient (Wildman–Crippen LogP) is 5.47. The molecular formula is C29H38FN3O2. The van der Waals surface area contributed by atoms with Gasteiger partial charge in [-0.1, -0.05) is 55.3 Å². The van der Waals surface area contributed by atoms with Gasteiger partial charge in [0.2, 0.25) is 0 Å². The molecule has 2 aliphatic rings. The lowest BCUT2D eigenvalue weighted by molar-refractivity contribution is -0.148. The van der Waals surface area contributed by atoms with Crippen LogP contribution in [-0.2, 0) is 16.1 Å². The number of esters is 1. The van der Waals surface area contributed by atoms with E-state index in [-0.39, 0.29) is 23.9 Å². The highest BCUT2D eigenvalue weighted by atomic mass is 19.1. The molecule has 2 aromatic carbocycles. The third kappa shape index (κ3) is 5.58. The van der Waals surface area contributed by atoms with E-state index in [0.29, 0.717) is 11.8 Å². The predicted molar refractivity (Wildman–Crippen MR) is 138 cm³/mol. The number of nitrogens with zero attached hydrogens (tertiary/aromatic N) is 3. The first kappa shape index (κ1) is 25.4. The van der Waals surface area contributed by atoms with Crippen molar-refractivity contribution in [1.29, 1.82) is 0 Å². The first-order valence-corrected chi connectivity index (χ1v) is 12.7. The first-order valence-electron chi connectivity index (χ1n) is 12.7. The average molecular weight is 480 g/mol. The number of benzene rings is 2. The molecule has 0 aromatic heterocycles. The van der Waals surface area contributed by atoms with Crippen molar-refractivity contribution in [1.82, 2.24) is 9.80 Å². The van der Waals surface area contributed by atoms with Crippen LogP contribution in [0.5, 0.6) is 0 Å². The van der Waals surface area contributed by atoms with Crippen molar-refractivity contribution in [2.45, 2.75) is 63.2 Å². The van der Waals surface area contributed by atoms with Crippen molar-refractivity contribution < 1.29 is 13.9 Å². The lowest BCUT2D eigenvalue weighted by atomic mass is 9.73. The largest absolute Gasteiger partial charge is 0.467 e. The number of methoxy groups -OCH3 is 1. The Balaban J connectivity index is 1.45. The van der Waals surface area contributed by atoms with Crippen molar-refractivity contribution in [3.05, 3.63) is 71.5 Å². The summed E-state index contributed by atoms with van der Waals surface area (Å²) in [7, 11) is 5.61. The molecule has 1 saturated carbocycles. The normalized spacial score (nSPS) is 27.3. The van der Waals surface area contributed by atoms with E-state index in [0.717, 1.165) is 44.2 Å². The van der Waals surface area contributed by atoms with Gasteiger partial charge in [0.25, 0.3) is 0 Å². The number of rotatable bonds is 8. The van der Waals surface area contributed by atoms with Crippen molar-refractivity contribution >= 4 is 12.3 Å². The fourth-order valence-electron chi connectivity index (χ4n) is 6.13. The zero-order chi connectivity index (χ0) is 25.0. The summed E-state index contributed by atoms with van der Waals surface area (Å²) >= 11 is 0. The summed E-state index contributed by atoms with van der Waals surface area (Å²) < 4.78 is 19.1. The third-order valence-corrected chi connectivity index (χ3v) is 7.97. The summed E-state index contributed by atoms with van der Waals surface area (Å²) in [6.07, 6.45) is 7.11. The summed E-state index contributed by atoms with van der Waals surface area (Å²) in [6.45, 7) is 2.63. The van der Waals surface area contributed by atoms with Crippen LogP contribution in [0.1, 0.15) is 56.2 Å². The van der Waals surface area contributed by atoms with Gasteiger partial charge >= 0.3 is 5.97 Å². The average Bonchev–Trinajstić information content (AvgIpc) is 3.16. The van der Waals surface area contributed by atoms with E-state index in [4.69, 9.17) is 4.74 Å². The molecule has 3 atom stereocenters. The second kappa shape index (κ2) is 10.9. The Morgan fingerprint density at radius 2 is 1.86 bits per heavy atom. The number of carbonyl (C=O) groups is 1. The SMILES string of the molecule is COC(=O)C1(C)N=CN(Cc2ccccc2)C1CC1CCC(C(c2cccc(F)c2)N(C)C)CC1. The lowest BCUT2D eigenvalue weighted by Gasteiger charge is -2.40. The molecule has 0 spiro atoms. The van der Waals surface area contributed by atoms with Gasteiger partial charge in [0, 0.05) is 12.6 Å². The van der Waals surface area contributed by atoms with Crippen LogP contribution in [0.15, 0.2) is 59.6 Å². The van der Waals surface area contributed by atoms with Gasteiger partial charge in [-0.2, -0.15) is 0 Å². The van der Waals surface area contributed by atoms with E-state index in [1.807, 2.05) is 43.6 Å². The van der Waals surface area contributed by atoms with Crippen LogP contribution in [0.3, 0.4) is 0 Å². The molecule has 0 saturated heterocycles. The Morgan fingerprint density at radius 3 is 2.49 bits per heavy atom. The number of ether oxygens (including phenoxy) is 1. The van der Waals surface area contributed by atoms with Crippen molar-refractivity contribution in [2.24, 2.45) is 16.8 Å². The Morgan fingerprint density at radius 1 is 1.14 bits per heavy atom. The second-order valence-corrected chi connectivity index (χ2v) is 10.5. The minimum Gasteiger partial charge on any atom is -0.467 e. The van der Waals surface area contributed by atoms with Gasteiger partial charge in [-0.25, -0.2) is 9.18 Å². The standard InChI is InChI=1S/C29H38FN3O2/c1-29(28(34)35-4)26(33(20-31-29)19-22-9-6-5-7-10-22)17-21-13-15-23(16-14-21)27(32(2)3)24-11-8-12-25(30)18-24/h5-12,18,20-21,23,26-27H,13-17,19H2,1-4H3. The van der Waals surface area contributed by atoms with E-state index in [1.165, 1.54) is 18.7 Å². The summed E-state index contributed by atoms with van der Waals surface area (Å²) in [5.74, 6) is 0.539. The van der Waals surface area contributed by atoms with Crippen LogP contribution in [0.2, 0.25) is 0 Å². The van der Waals surface area contributed by atoms with Gasteiger partial charge in [-0.15, -0.1) is 0 Å². The van der Waals surface area contributed by atoms with Gasteiger partial charge < -0.3 is 14.5 Å². The molecule has 1 heterocycles. The molecule has 2 aromatic rings. The lowest BCUT2D eigenvalue weighted by Crippen LogP contribution is -2.50. The molecule has 35 heavy (non-hydrogen) atoms. The molecule has 3 unspecified atom stereocenters. The molecule has 6 heteroatoms. The number of carbonyl (C=O) groups excluding carboxylic acids is 1. The maximum Gasteiger partial charge on any atom is 0.335 e. The van der Waals surface area contributed by atoms with Crippen LogP contribution in [0.4, 0.5) is 4.39 Å². The fraction of sp³-hybridized carbons (Fsp3) is 0.517. The maximum absolute atomic E-state index is 13.9. The fourth-order valence-corrected chi connectivity index (χ4v) is 6.13. The molecule has 0 bridgehead atoms. The van der Waals surface area contributed by atoms with Crippen LogP contribution >= 0.6 is 0 Å². The third-order valence-electron chi connectivity index (χ3n) is 7.97. The summed E-state index contributed by atoms with van der Waals surface area (Å²) in [5.41, 5.74) is 1.36. The molecule has 5 nitrogen and oxygen atoms in total. The number of hydrogen-bond donors (Lipinski definition) is 0. The minimum atomic E-state index is -0.895. The Hall–Kier alpha value is -2.73. The molecule has 188 valence electrons. The second-order valence-electron chi connectivity index (χ2n) is 10.5. The number of aliphatic imine (C=N–C) groups is 1. The van der Waals surface area contributed by atoms with E-state index in [9.17, 15) is 9.18 Å². The van der Waals surface area contributed by atoms with E-state index < -0.39 is 5.54 Å². The van der Waals surface area contributed by atoms with Gasteiger partial charge in [-0.05, 0) is 75.4 Å². The molecule has 0 radical (unpaired) electrons. The monoisotopic (exact) mass is 479 g/mol. The number of halogens is 1. The van der Waals surface area contributed by atoms with Crippen LogP contribution in [-0.4, -0.2) is 54.9 Å². The van der Waals surface area contributed by atoms with Gasteiger partial charge in [0.15, 0.2) is 5.54 Å². The maximum atomic E-state index is 13.9. The zero-order valence-corrected chi connectivity index (χ0v) is 21.4. The smallest absolute Gasteiger partial charge is 0.335 e.